The van der Waals surface area contributed by atoms with Gasteiger partial charge in [0, 0.05) is 51.0 Å². The van der Waals surface area contributed by atoms with Crippen molar-refractivity contribution >= 4 is 17.3 Å². The third-order valence-electron chi connectivity index (χ3n) is 4.93. The van der Waals surface area contributed by atoms with Gasteiger partial charge in [-0.1, -0.05) is 13.8 Å². The van der Waals surface area contributed by atoms with Gasteiger partial charge in [-0.25, -0.2) is 0 Å². The summed E-state index contributed by atoms with van der Waals surface area (Å²) < 4.78 is 4.94. The van der Waals surface area contributed by atoms with Crippen LogP contribution in [-0.4, -0.2) is 61.7 Å². The van der Waals surface area contributed by atoms with Crippen molar-refractivity contribution in [2.45, 2.75) is 33.2 Å². The molecule has 0 bridgehead atoms. The molecular formula is C20H32N4O4. The van der Waals surface area contributed by atoms with Gasteiger partial charge in [0.15, 0.2) is 0 Å². The lowest BCUT2D eigenvalue weighted by Crippen LogP contribution is -2.47. The van der Waals surface area contributed by atoms with Crippen molar-refractivity contribution in [3.05, 3.63) is 33.9 Å². The highest BCUT2D eigenvalue weighted by Gasteiger charge is 2.24. The molecule has 0 radical (unpaired) electrons. The number of benzene rings is 1. The summed E-state index contributed by atoms with van der Waals surface area (Å²) in [6.07, 6.45) is 1.24. The minimum absolute atomic E-state index is 0.0384. The van der Waals surface area contributed by atoms with E-state index in [2.05, 4.69) is 29.4 Å². The number of carbonyl (C=O) groups excluding carboxylic acids is 1. The monoisotopic (exact) mass is 392 g/mol. The number of amides is 1. The maximum Gasteiger partial charge on any atom is 0.293 e. The van der Waals surface area contributed by atoms with Crippen molar-refractivity contribution in [2.75, 3.05) is 45.2 Å². The van der Waals surface area contributed by atoms with E-state index >= 15 is 0 Å². The zero-order chi connectivity index (χ0) is 20.7. The number of nitro benzene ring substituents is 1. The molecular weight excluding hydrogens is 360 g/mol. The molecule has 1 fully saturated rings. The molecule has 1 aromatic rings. The largest absolute Gasteiger partial charge is 0.383 e. The molecule has 2 N–H and O–H groups in total. The molecule has 0 aliphatic carbocycles. The first-order valence-corrected chi connectivity index (χ1v) is 9.84. The maximum absolute atomic E-state index is 12.6. The van der Waals surface area contributed by atoms with Gasteiger partial charge >= 0.3 is 0 Å². The SMILES string of the molecule is COCCNc1ccc(C(=O)NC(C)CN2CC(C)CC(C)C2)cc1[N+](=O)[O-]. The first-order chi connectivity index (χ1) is 13.3. The molecule has 8 nitrogen and oxygen atoms in total. The molecule has 1 amide bonds. The smallest absolute Gasteiger partial charge is 0.293 e. The predicted octanol–water partition coefficient (Wildman–Crippen LogP) is 2.75. The van der Waals surface area contributed by atoms with Crippen LogP contribution in [0.1, 0.15) is 37.6 Å². The number of methoxy groups -OCH3 is 1. The second-order valence-electron chi connectivity index (χ2n) is 7.95. The molecule has 156 valence electrons. The molecule has 0 saturated carbocycles. The van der Waals surface area contributed by atoms with Crippen LogP contribution in [0.15, 0.2) is 18.2 Å². The second-order valence-corrected chi connectivity index (χ2v) is 7.95. The Labute approximate surface area is 166 Å². The van der Waals surface area contributed by atoms with Crippen molar-refractivity contribution < 1.29 is 14.5 Å². The van der Waals surface area contributed by atoms with Gasteiger partial charge in [-0.15, -0.1) is 0 Å². The lowest BCUT2D eigenvalue weighted by molar-refractivity contribution is -0.384. The molecule has 3 atom stereocenters. The van der Waals surface area contributed by atoms with Crippen LogP contribution < -0.4 is 10.6 Å². The number of carbonyl (C=O) groups is 1. The van der Waals surface area contributed by atoms with E-state index in [9.17, 15) is 14.9 Å². The van der Waals surface area contributed by atoms with Crippen molar-refractivity contribution in [3.63, 3.8) is 0 Å². The lowest BCUT2D eigenvalue weighted by atomic mass is 9.92. The number of hydrogen-bond acceptors (Lipinski definition) is 6. The zero-order valence-electron chi connectivity index (χ0n) is 17.2. The van der Waals surface area contributed by atoms with E-state index in [-0.39, 0.29) is 23.2 Å². The van der Waals surface area contributed by atoms with E-state index in [1.165, 1.54) is 12.5 Å². The van der Waals surface area contributed by atoms with Crippen LogP contribution in [0.5, 0.6) is 0 Å². The number of hydrogen-bond donors (Lipinski definition) is 2. The highest BCUT2D eigenvalue weighted by molar-refractivity contribution is 5.95. The number of nitrogens with zero attached hydrogens (tertiary/aromatic N) is 2. The van der Waals surface area contributed by atoms with E-state index < -0.39 is 4.92 Å². The van der Waals surface area contributed by atoms with E-state index in [0.717, 1.165) is 19.6 Å². The topological polar surface area (TPSA) is 96.7 Å². The molecule has 0 aromatic heterocycles. The summed E-state index contributed by atoms with van der Waals surface area (Å²) in [5, 5.41) is 17.3. The van der Waals surface area contributed by atoms with E-state index in [1.54, 1.807) is 19.2 Å². The van der Waals surface area contributed by atoms with Crippen molar-refractivity contribution in [1.29, 1.82) is 0 Å². The minimum Gasteiger partial charge on any atom is -0.383 e. The van der Waals surface area contributed by atoms with Gasteiger partial charge in [0.2, 0.25) is 0 Å². The van der Waals surface area contributed by atoms with E-state index in [0.29, 0.717) is 30.7 Å². The van der Waals surface area contributed by atoms with Gasteiger partial charge in [0.1, 0.15) is 5.69 Å². The fourth-order valence-electron chi connectivity index (χ4n) is 3.94. The number of nitro groups is 1. The number of likely N-dealkylation sites (tertiary alicyclic amines) is 1. The molecule has 28 heavy (non-hydrogen) atoms. The highest BCUT2D eigenvalue weighted by Crippen LogP contribution is 2.25. The van der Waals surface area contributed by atoms with Gasteiger partial charge in [-0.2, -0.15) is 0 Å². The number of ether oxygens (including phenoxy) is 1. The number of rotatable bonds is 9. The summed E-state index contributed by atoms with van der Waals surface area (Å²) in [5.41, 5.74) is 0.550. The number of piperidine rings is 1. The Morgan fingerprint density at radius 3 is 2.64 bits per heavy atom. The average molecular weight is 393 g/mol. The normalized spacial score (nSPS) is 21.1. The van der Waals surface area contributed by atoms with Crippen LogP contribution >= 0.6 is 0 Å². The molecule has 1 heterocycles. The fraction of sp³-hybridized carbons (Fsp3) is 0.650. The molecule has 1 aromatic carbocycles. The Balaban J connectivity index is 1.98. The minimum atomic E-state index is -0.480. The first kappa shape index (κ1) is 22.1. The van der Waals surface area contributed by atoms with Crippen LogP contribution in [0.25, 0.3) is 0 Å². The van der Waals surface area contributed by atoms with Gasteiger partial charge in [-0.05, 0) is 37.3 Å². The van der Waals surface area contributed by atoms with Crippen LogP contribution in [0.3, 0.4) is 0 Å². The summed E-state index contributed by atoms with van der Waals surface area (Å²) in [4.78, 5) is 25.9. The van der Waals surface area contributed by atoms with Crippen LogP contribution in [0.2, 0.25) is 0 Å². The number of nitrogens with one attached hydrogen (secondary N) is 2. The van der Waals surface area contributed by atoms with E-state index in [1.807, 2.05) is 6.92 Å². The van der Waals surface area contributed by atoms with E-state index in [4.69, 9.17) is 4.74 Å². The zero-order valence-corrected chi connectivity index (χ0v) is 17.2. The van der Waals surface area contributed by atoms with Crippen LogP contribution in [0, 0.1) is 22.0 Å². The quantitative estimate of drug-likeness (QED) is 0.381. The summed E-state index contributed by atoms with van der Waals surface area (Å²) in [6.45, 7) is 10.2. The predicted molar refractivity (Wildman–Crippen MR) is 110 cm³/mol. The van der Waals surface area contributed by atoms with Crippen LogP contribution in [-0.2, 0) is 4.74 Å². The molecule has 0 spiro atoms. The Morgan fingerprint density at radius 1 is 1.36 bits per heavy atom. The Hall–Kier alpha value is -2.19. The van der Waals surface area contributed by atoms with Crippen molar-refractivity contribution in [3.8, 4) is 0 Å². The molecule has 1 aliphatic heterocycles. The van der Waals surface area contributed by atoms with Gasteiger partial charge in [0.05, 0.1) is 11.5 Å². The third-order valence-corrected chi connectivity index (χ3v) is 4.93. The Morgan fingerprint density at radius 2 is 2.04 bits per heavy atom. The third kappa shape index (κ3) is 6.45. The average Bonchev–Trinajstić information content (AvgIpc) is 2.60. The molecule has 3 unspecified atom stereocenters. The van der Waals surface area contributed by atoms with Gasteiger partial charge < -0.3 is 20.3 Å². The summed E-state index contributed by atoms with van der Waals surface area (Å²) in [5.74, 6) is 1.03. The second kappa shape index (κ2) is 10.4. The Bertz CT molecular complexity index is 672. The van der Waals surface area contributed by atoms with Gasteiger partial charge in [-0.3, -0.25) is 14.9 Å². The lowest BCUT2D eigenvalue weighted by Gasteiger charge is -2.36. The van der Waals surface area contributed by atoms with Crippen molar-refractivity contribution in [2.24, 2.45) is 11.8 Å². The highest BCUT2D eigenvalue weighted by atomic mass is 16.6. The molecule has 1 saturated heterocycles. The molecule has 1 aliphatic rings. The summed E-state index contributed by atoms with van der Waals surface area (Å²) in [6, 6.07) is 4.46. The van der Waals surface area contributed by atoms with Crippen LogP contribution in [0.4, 0.5) is 11.4 Å². The van der Waals surface area contributed by atoms with Gasteiger partial charge in [0.25, 0.3) is 11.6 Å². The molecule has 2 rings (SSSR count). The summed E-state index contributed by atoms with van der Waals surface area (Å²) in [7, 11) is 1.57. The standard InChI is InChI=1S/C20H32N4O4/c1-14-9-15(2)12-23(11-14)13-16(3)22-20(25)17-5-6-18(21-7-8-28-4)19(10-17)24(26)27/h5-6,10,14-16,21H,7-9,11-13H2,1-4H3,(H,22,25). The first-order valence-electron chi connectivity index (χ1n) is 9.84. The molecule has 8 heteroatoms. The summed E-state index contributed by atoms with van der Waals surface area (Å²) >= 11 is 0. The Kier molecular flexibility index (Phi) is 8.19. The van der Waals surface area contributed by atoms with Crippen molar-refractivity contribution in [1.82, 2.24) is 10.2 Å². The number of anilines is 1. The maximum atomic E-state index is 12.6. The fourth-order valence-corrected chi connectivity index (χ4v) is 3.94.